The van der Waals surface area contributed by atoms with Crippen LogP contribution in [0, 0.1) is 11.6 Å². The average molecular weight is 373 g/mol. The molecule has 0 saturated carbocycles. The van der Waals surface area contributed by atoms with Crippen LogP contribution in [0.3, 0.4) is 0 Å². The molecule has 4 rings (SSSR count). The Labute approximate surface area is 154 Å². The summed E-state index contributed by atoms with van der Waals surface area (Å²) in [5, 5.41) is 4.11. The Morgan fingerprint density at radius 2 is 2.04 bits per heavy atom. The molecule has 0 spiro atoms. The molecule has 0 aliphatic carbocycles. The van der Waals surface area contributed by atoms with Crippen molar-refractivity contribution >= 4 is 0 Å². The van der Waals surface area contributed by atoms with E-state index in [1.54, 1.807) is 35.3 Å². The van der Waals surface area contributed by atoms with Crippen molar-refractivity contribution in [3.05, 3.63) is 72.3 Å². The summed E-state index contributed by atoms with van der Waals surface area (Å²) in [4.78, 5) is 3.94. The van der Waals surface area contributed by atoms with Crippen molar-refractivity contribution in [1.29, 1.82) is 0 Å². The van der Waals surface area contributed by atoms with Gasteiger partial charge in [-0.05, 0) is 43.3 Å². The third kappa shape index (κ3) is 3.67. The van der Waals surface area contributed by atoms with Crippen molar-refractivity contribution in [2.24, 2.45) is 0 Å². The Hall–Kier alpha value is -2.84. The zero-order chi connectivity index (χ0) is 18.9. The van der Waals surface area contributed by atoms with Gasteiger partial charge in [0.1, 0.15) is 30.8 Å². The molecule has 6 nitrogen and oxygen atoms in total. The van der Waals surface area contributed by atoms with Gasteiger partial charge in [-0.2, -0.15) is 5.10 Å². The maximum atomic E-state index is 13.8. The molecule has 140 valence electrons. The van der Waals surface area contributed by atoms with Crippen molar-refractivity contribution in [3.63, 3.8) is 0 Å². The van der Waals surface area contributed by atoms with Crippen LogP contribution in [0.15, 0.2) is 55.1 Å². The molecule has 1 saturated heterocycles. The molecule has 1 aliphatic rings. The lowest BCUT2D eigenvalue weighted by Gasteiger charge is -2.28. The minimum absolute atomic E-state index is 0.0523. The third-order valence-corrected chi connectivity index (χ3v) is 4.20. The molecule has 1 aliphatic heterocycles. The van der Waals surface area contributed by atoms with Gasteiger partial charge in [-0.1, -0.05) is 0 Å². The lowest BCUT2D eigenvalue weighted by atomic mass is 10.1. The zero-order valence-electron chi connectivity index (χ0n) is 14.5. The molecule has 0 amide bonds. The van der Waals surface area contributed by atoms with Gasteiger partial charge in [0.05, 0.1) is 12.7 Å². The van der Waals surface area contributed by atoms with Crippen LogP contribution in [0.2, 0.25) is 0 Å². The number of ether oxygens (including phenoxy) is 3. The normalized spacial score (nSPS) is 22.1. The van der Waals surface area contributed by atoms with Crippen molar-refractivity contribution in [2.75, 3.05) is 6.61 Å². The van der Waals surface area contributed by atoms with Gasteiger partial charge >= 0.3 is 0 Å². The first-order valence-corrected chi connectivity index (χ1v) is 8.42. The first kappa shape index (κ1) is 17.6. The van der Waals surface area contributed by atoms with E-state index in [4.69, 9.17) is 14.2 Å². The van der Waals surface area contributed by atoms with E-state index in [9.17, 15) is 8.78 Å². The SMILES string of the molecule is CC1COC(Cn2cncn2)(c2ccc(Oc3ccc(F)cc3F)cc2)O1. The fourth-order valence-electron chi connectivity index (χ4n) is 2.96. The Morgan fingerprint density at radius 3 is 2.67 bits per heavy atom. The highest BCUT2D eigenvalue weighted by molar-refractivity contribution is 5.35. The molecule has 1 aromatic heterocycles. The summed E-state index contributed by atoms with van der Waals surface area (Å²) >= 11 is 0. The molecule has 1 fully saturated rings. The second-order valence-electron chi connectivity index (χ2n) is 6.29. The lowest BCUT2D eigenvalue weighted by molar-refractivity contribution is -0.186. The molecular weight excluding hydrogens is 356 g/mol. The minimum atomic E-state index is -0.993. The fraction of sp³-hybridized carbons (Fsp3) is 0.263. The van der Waals surface area contributed by atoms with E-state index in [1.807, 2.05) is 6.92 Å². The lowest BCUT2D eigenvalue weighted by Crippen LogP contribution is -2.33. The average Bonchev–Trinajstić information content (AvgIpc) is 3.29. The van der Waals surface area contributed by atoms with Crippen LogP contribution in [-0.2, 0) is 21.8 Å². The number of halogens is 2. The van der Waals surface area contributed by atoms with Crippen LogP contribution in [0.25, 0.3) is 0 Å². The smallest absolute Gasteiger partial charge is 0.215 e. The molecule has 2 unspecified atom stereocenters. The van der Waals surface area contributed by atoms with Gasteiger partial charge in [0.2, 0.25) is 5.79 Å². The number of rotatable bonds is 5. The zero-order valence-corrected chi connectivity index (χ0v) is 14.5. The molecule has 0 N–H and O–H groups in total. The first-order valence-electron chi connectivity index (χ1n) is 8.42. The van der Waals surface area contributed by atoms with E-state index >= 15 is 0 Å². The van der Waals surface area contributed by atoms with Gasteiger partial charge in [0, 0.05) is 11.6 Å². The van der Waals surface area contributed by atoms with E-state index < -0.39 is 17.4 Å². The number of benzene rings is 2. The standard InChI is InChI=1S/C19H17F2N3O3/c1-13-9-25-19(27-13,10-24-12-22-11-23-24)14-2-5-16(6-3-14)26-18-7-4-15(20)8-17(18)21/h2-8,11-13H,9-10H2,1H3. The molecule has 27 heavy (non-hydrogen) atoms. The Morgan fingerprint density at radius 1 is 1.22 bits per heavy atom. The van der Waals surface area contributed by atoms with Crippen LogP contribution < -0.4 is 4.74 Å². The summed E-state index contributed by atoms with van der Waals surface area (Å²) in [7, 11) is 0. The molecule has 0 radical (unpaired) electrons. The number of aromatic nitrogens is 3. The second-order valence-corrected chi connectivity index (χ2v) is 6.29. The van der Waals surface area contributed by atoms with E-state index in [0.717, 1.165) is 17.7 Å². The molecule has 3 aromatic rings. The van der Waals surface area contributed by atoms with Gasteiger partial charge in [-0.25, -0.2) is 18.4 Å². The summed E-state index contributed by atoms with van der Waals surface area (Å²) < 4.78 is 45.9. The molecular formula is C19H17F2N3O3. The van der Waals surface area contributed by atoms with Crippen molar-refractivity contribution in [1.82, 2.24) is 14.8 Å². The maximum absolute atomic E-state index is 13.8. The summed E-state index contributed by atoms with van der Waals surface area (Å²) in [5.74, 6) is -2.06. The van der Waals surface area contributed by atoms with Crippen molar-refractivity contribution < 1.29 is 23.0 Å². The quantitative estimate of drug-likeness (QED) is 0.683. The minimum Gasteiger partial charge on any atom is -0.454 e. The Bertz CT molecular complexity index is 918. The summed E-state index contributed by atoms with van der Waals surface area (Å²) in [6.07, 6.45) is 2.96. The van der Waals surface area contributed by atoms with Gasteiger partial charge in [0.25, 0.3) is 0 Å². The Kier molecular flexibility index (Phi) is 4.59. The summed E-state index contributed by atoms with van der Waals surface area (Å²) in [6.45, 7) is 2.72. The predicted octanol–water partition coefficient (Wildman–Crippen LogP) is 3.64. The van der Waals surface area contributed by atoms with Gasteiger partial charge < -0.3 is 14.2 Å². The number of hydrogen-bond acceptors (Lipinski definition) is 5. The summed E-state index contributed by atoms with van der Waals surface area (Å²) in [6, 6.07) is 10.1. The highest BCUT2D eigenvalue weighted by Crippen LogP contribution is 2.37. The molecule has 2 aromatic carbocycles. The monoisotopic (exact) mass is 373 g/mol. The molecule has 0 bridgehead atoms. The first-order chi connectivity index (χ1) is 13.0. The fourth-order valence-corrected chi connectivity index (χ4v) is 2.96. The second kappa shape index (κ2) is 7.05. The molecule has 8 heteroatoms. The van der Waals surface area contributed by atoms with Gasteiger partial charge in [-0.15, -0.1) is 0 Å². The predicted molar refractivity (Wildman–Crippen MR) is 91.1 cm³/mol. The van der Waals surface area contributed by atoms with E-state index in [1.165, 1.54) is 12.4 Å². The number of nitrogens with zero attached hydrogens (tertiary/aromatic N) is 3. The largest absolute Gasteiger partial charge is 0.454 e. The maximum Gasteiger partial charge on any atom is 0.215 e. The highest BCUT2D eigenvalue weighted by atomic mass is 19.1. The van der Waals surface area contributed by atoms with E-state index in [-0.39, 0.29) is 11.9 Å². The van der Waals surface area contributed by atoms with Crippen molar-refractivity contribution in [2.45, 2.75) is 25.4 Å². The van der Waals surface area contributed by atoms with Crippen LogP contribution >= 0.6 is 0 Å². The van der Waals surface area contributed by atoms with Crippen LogP contribution in [0.5, 0.6) is 11.5 Å². The summed E-state index contributed by atoms with van der Waals surface area (Å²) in [5.41, 5.74) is 0.772. The van der Waals surface area contributed by atoms with Crippen LogP contribution in [0.1, 0.15) is 12.5 Å². The molecule has 2 heterocycles. The van der Waals surface area contributed by atoms with Gasteiger partial charge in [-0.3, -0.25) is 0 Å². The molecule has 2 atom stereocenters. The van der Waals surface area contributed by atoms with Crippen LogP contribution in [0.4, 0.5) is 8.78 Å². The highest BCUT2D eigenvalue weighted by Gasteiger charge is 2.42. The van der Waals surface area contributed by atoms with E-state index in [0.29, 0.717) is 18.9 Å². The van der Waals surface area contributed by atoms with Crippen molar-refractivity contribution in [3.8, 4) is 11.5 Å². The van der Waals surface area contributed by atoms with E-state index in [2.05, 4.69) is 10.1 Å². The third-order valence-electron chi connectivity index (χ3n) is 4.20. The van der Waals surface area contributed by atoms with Crippen LogP contribution in [-0.4, -0.2) is 27.5 Å². The number of hydrogen-bond donors (Lipinski definition) is 0. The van der Waals surface area contributed by atoms with Gasteiger partial charge in [0.15, 0.2) is 11.6 Å². The topological polar surface area (TPSA) is 58.4 Å². The Balaban J connectivity index is 1.57.